The molecular weight excluding hydrogens is 368 g/mol. The normalized spacial score (nSPS) is 16.2. The lowest BCUT2D eigenvalue weighted by Crippen LogP contribution is -2.41. The lowest BCUT2D eigenvalue weighted by Gasteiger charge is -2.27. The van der Waals surface area contributed by atoms with Gasteiger partial charge < -0.3 is 15.0 Å². The van der Waals surface area contributed by atoms with E-state index in [2.05, 4.69) is 5.32 Å². The van der Waals surface area contributed by atoms with E-state index in [1.807, 2.05) is 6.92 Å². The molecule has 3 rings (SSSR count). The summed E-state index contributed by atoms with van der Waals surface area (Å²) in [4.78, 5) is 38.3. The first-order valence-electron chi connectivity index (χ1n) is 8.51. The second-order valence-electron chi connectivity index (χ2n) is 6.37. The molecule has 27 heavy (non-hydrogen) atoms. The van der Waals surface area contributed by atoms with Gasteiger partial charge in [-0.1, -0.05) is 23.7 Å². The summed E-state index contributed by atoms with van der Waals surface area (Å²) < 4.78 is 5.62. The largest absolute Gasteiger partial charge is 0.483 e. The molecule has 0 unspecified atom stereocenters. The zero-order chi connectivity index (χ0) is 19.6. The lowest BCUT2D eigenvalue weighted by atomic mass is 10.1. The summed E-state index contributed by atoms with van der Waals surface area (Å²) in [6.07, 6.45) is 0.181. The average molecular weight is 387 g/mol. The van der Waals surface area contributed by atoms with Crippen molar-refractivity contribution < 1.29 is 19.1 Å². The van der Waals surface area contributed by atoms with Crippen molar-refractivity contribution in [1.29, 1.82) is 0 Å². The zero-order valence-corrected chi connectivity index (χ0v) is 15.7. The highest BCUT2D eigenvalue weighted by molar-refractivity contribution is 6.31. The van der Waals surface area contributed by atoms with Gasteiger partial charge in [-0.05, 0) is 44.2 Å². The number of nitrogens with zero attached hydrogens (tertiary/aromatic N) is 1. The van der Waals surface area contributed by atoms with Crippen molar-refractivity contribution in [3.8, 4) is 5.75 Å². The Labute approximate surface area is 162 Å². The molecule has 0 spiro atoms. The number of amides is 2. The van der Waals surface area contributed by atoms with E-state index in [-0.39, 0.29) is 36.7 Å². The Morgan fingerprint density at radius 3 is 2.74 bits per heavy atom. The fourth-order valence-electron chi connectivity index (χ4n) is 3.08. The first-order chi connectivity index (χ1) is 12.9. The van der Waals surface area contributed by atoms with E-state index < -0.39 is 0 Å². The average Bonchev–Trinajstić information content (AvgIpc) is 2.74. The van der Waals surface area contributed by atoms with E-state index >= 15 is 0 Å². The Kier molecular flexibility index (Phi) is 5.46. The van der Waals surface area contributed by atoms with E-state index in [1.54, 1.807) is 41.3 Å². The number of ether oxygens (including phenoxy) is 1. The number of benzene rings is 2. The van der Waals surface area contributed by atoms with Gasteiger partial charge in [-0.2, -0.15) is 0 Å². The topological polar surface area (TPSA) is 75.7 Å². The number of carbonyl (C=O) groups excluding carboxylic acids is 3. The molecule has 1 heterocycles. The predicted molar refractivity (Wildman–Crippen MR) is 104 cm³/mol. The number of ketones is 1. The van der Waals surface area contributed by atoms with Gasteiger partial charge >= 0.3 is 0 Å². The van der Waals surface area contributed by atoms with Crippen LogP contribution in [0.5, 0.6) is 5.75 Å². The lowest BCUT2D eigenvalue weighted by molar-refractivity contribution is -0.121. The molecule has 0 bridgehead atoms. The summed E-state index contributed by atoms with van der Waals surface area (Å²) in [5.74, 6) is -0.368. The summed E-state index contributed by atoms with van der Waals surface area (Å²) in [5.41, 5.74) is 1.51. The molecule has 0 saturated heterocycles. The van der Waals surface area contributed by atoms with Gasteiger partial charge in [-0.3, -0.25) is 14.4 Å². The van der Waals surface area contributed by atoms with Crippen LogP contribution < -0.4 is 15.0 Å². The molecule has 0 radical (unpaired) electrons. The number of carbonyl (C=O) groups is 3. The minimum absolute atomic E-state index is 0.150. The standard InChI is InChI=1S/C20H19ClN2O4/c1-12-9-19(25)22-16-5-3-4-6-17(16)23(12)20(26)11-27-18-8-7-14(21)10-15(18)13(2)24/h3-8,10,12H,9,11H2,1-2H3,(H,22,25)/t12-/m1/s1. The molecule has 1 aliphatic rings. The molecular formula is C20H19ClN2O4. The van der Waals surface area contributed by atoms with Crippen LogP contribution in [0.4, 0.5) is 11.4 Å². The van der Waals surface area contributed by atoms with Crippen LogP contribution >= 0.6 is 11.6 Å². The second kappa shape index (κ2) is 7.80. The number of halogens is 1. The summed E-state index contributed by atoms with van der Waals surface area (Å²) in [6, 6.07) is 11.5. The molecule has 2 amide bonds. The third-order valence-corrected chi connectivity index (χ3v) is 4.54. The molecule has 2 aromatic rings. The van der Waals surface area contributed by atoms with E-state index in [0.29, 0.717) is 27.7 Å². The Morgan fingerprint density at radius 1 is 1.26 bits per heavy atom. The Morgan fingerprint density at radius 2 is 2.00 bits per heavy atom. The summed E-state index contributed by atoms with van der Waals surface area (Å²) in [7, 11) is 0. The Hall–Kier alpha value is -2.86. The van der Waals surface area contributed by atoms with Gasteiger partial charge in [-0.15, -0.1) is 0 Å². The van der Waals surface area contributed by atoms with Crippen molar-refractivity contribution in [1.82, 2.24) is 0 Å². The molecule has 2 aromatic carbocycles. The number of Topliss-reactive ketones (excluding diaryl/α,β-unsaturated/α-hetero) is 1. The molecule has 0 aliphatic carbocycles. The maximum atomic E-state index is 12.9. The number of fused-ring (bicyclic) bond motifs is 1. The molecule has 7 heteroatoms. The number of hydrogen-bond acceptors (Lipinski definition) is 4. The number of rotatable bonds is 4. The Balaban J connectivity index is 1.84. The first kappa shape index (κ1) is 18.9. The van der Waals surface area contributed by atoms with Gasteiger partial charge in [0, 0.05) is 17.5 Å². The molecule has 0 saturated carbocycles. The smallest absolute Gasteiger partial charge is 0.265 e. The number of nitrogens with one attached hydrogen (secondary N) is 1. The SMILES string of the molecule is CC(=O)c1cc(Cl)ccc1OCC(=O)N1c2ccccc2NC(=O)C[C@H]1C. The van der Waals surface area contributed by atoms with Crippen LogP contribution in [-0.4, -0.2) is 30.2 Å². The van der Waals surface area contributed by atoms with Crippen molar-refractivity contribution in [2.24, 2.45) is 0 Å². The number of para-hydroxylation sites is 2. The highest BCUT2D eigenvalue weighted by atomic mass is 35.5. The third-order valence-electron chi connectivity index (χ3n) is 4.30. The molecule has 1 N–H and O–H groups in total. The number of hydrogen-bond donors (Lipinski definition) is 1. The molecule has 140 valence electrons. The van der Waals surface area contributed by atoms with Crippen LogP contribution in [-0.2, 0) is 9.59 Å². The third kappa shape index (κ3) is 4.11. The van der Waals surface area contributed by atoms with Gasteiger partial charge in [0.05, 0.1) is 16.9 Å². The molecule has 1 aliphatic heterocycles. The van der Waals surface area contributed by atoms with E-state index in [0.717, 1.165) is 0 Å². The summed E-state index contributed by atoms with van der Waals surface area (Å²) in [6.45, 7) is 2.95. The van der Waals surface area contributed by atoms with Crippen LogP contribution in [0.15, 0.2) is 42.5 Å². The minimum atomic E-state index is -0.331. The highest BCUT2D eigenvalue weighted by Crippen LogP contribution is 2.31. The van der Waals surface area contributed by atoms with Gasteiger partial charge in [0.25, 0.3) is 5.91 Å². The first-order valence-corrected chi connectivity index (χ1v) is 8.89. The number of anilines is 2. The van der Waals surface area contributed by atoms with Crippen LogP contribution in [0.2, 0.25) is 5.02 Å². The quantitative estimate of drug-likeness (QED) is 0.813. The Bertz CT molecular complexity index is 913. The van der Waals surface area contributed by atoms with Crippen LogP contribution in [0.1, 0.15) is 30.6 Å². The predicted octanol–water partition coefficient (Wildman–Crippen LogP) is 3.69. The maximum absolute atomic E-state index is 12.9. The van der Waals surface area contributed by atoms with Crippen molar-refractivity contribution in [2.45, 2.75) is 26.3 Å². The van der Waals surface area contributed by atoms with Gasteiger partial charge in [0.2, 0.25) is 5.91 Å². The van der Waals surface area contributed by atoms with Gasteiger partial charge in [0.1, 0.15) is 5.75 Å². The fraction of sp³-hybridized carbons (Fsp3) is 0.250. The monoisotopic (exact) mass is 386 g/mol. The van der Waals surface area contributed by atoms with Gasteiger partial charge in [-0.25, -0.2) is 0 Å². The van der Waals surface area contributed by atoms with Crippen molar-refractivity contribution in [2.75, 3.05) is 16.8 Å². The minimum Gasteiger partial charge on any atom is -0.483 e. The van der Waals surface area contributed by atoms with Crippen molar-refractivity contribution in [3.63, 3.8) is 0 Å². The summed E-state index contributed by atoms with van der Waals surface area (Å²) in [5, 5.41) is 3.22. The van der Waals surface area contributed by atoms with Crippen molar-refractivity contribution >= 4 is 40.6 Å². The van der Waals surface area contributed by atoms with E-state index in [9.17, 15) is 14.4 Å². The molecule has 0 aromatic heterocycles. The summed E-state index contributed by atoms with van der Waals surface area (Å²) >= 11 is 5.93. The zero-order valence-electron chi connectivity index (χ0n) is 15.0. The maximum Gasteiger partial charge on any atom is 0.265 e. The molecule has 6 nitrogen and oxygen atoms in total. The fourth-order valence-corrected chi connectivity index (χ4v) is 3.25. The van der Waals surface area contributed by atoms with Crippen molar-refractivity contribution in [3.05, 3.63) is 53.1 Å². The van der Waals surface area contributed by atoms with Gasteiger partial charge in [0.15, 0.2) is 12.4 Å². The van der Waals surface area contributed by atoms with Crippen LogP contribution in [0.3, 0.4) is 0 Å². The van der Waals surface area contributed by atoms with E-state index in [1.165, 1.54) is 13.0 Å². The molecule has 0 fully saturated rings. The second-order valence-corrected chi connectivity index (χ2v) is 6.80. The molecule has 1 atom stereocenters. The van der Waals surface area contributed by atoms with Crippen LogP contribution in [0.25, 0.3) is 0 Å². The van der Waals surface area contributed by atoms with E-state index in [4.69, 9.17) is 16.3 Å². The van der Waals surface area contributed by atoms with Crippen LogP contribution in [0, 0.1) is 0 Å². The highest BCUT2D eigenvalue weighted by Gasteiger charge is 2.29.